The van der Waals surface area contributed by atoms with Crippen LogP contribution in [0.15, 0.2) is 0 Å². The van der Waals surface area contributed by atoms with Gasteiger partial charge in [0.25, 0.3) is 0 Å². The summed E-state index contributed by atoms with van der Waals surface area (Å²) in [6.07, 6.45) is 2.66. The third-order valence-electron chi connectivity index (χ3n) is 2.95. The smallest absolute Gasteiger partial charge is 0.244 e. The van der Waals surface area contributed by atoms with Crippen LogP contribution in [0.3, 0.4) is 0 Å². The predicted molar refractivity (Wildman–Crippen MR) is 45.2 cm³/mol. The van der Waals surface area contributed by atoms with Crippen molar-refractivity contribution in [3.8, 4) is 0 Å². The van der Waals surface area contributed by atoms with Crippen LogP contribution in [0.2, 0.25) is 0 Å². The van der Waals surface area contributed by atoms with Crippen molar-refractivity contribution in [1.29, 1.82) is 0 Å². The maximum Gasteiger partial charge on any atom is 0.244 e. The Kier molecular flexibility index (Phi) is 3.44. The Bertz CT molecular complexity index is 125. The van der Waals surface area contributed by atoms with Crippen molar-refractivity contribution in [2.45, 2.75) is 45.0 Å². The summed E-state index contributed by atoms with van der Waals surface area (Å²) in [5.74, 6) is 0. The van der Waals surface area contributed by atoms with Gasteiger partial charge in [-0.2, -0.15) is 0 Å². The molecule has 1 aliphatic carbocycles. The summed E-state index contributed by atoms with van der Waals surface area (Å²) in [5, 5.41) is 0. The van der Waals surface area contributed by atoms with Crippen molar-refractivity contribution in [2.75, 3.05) is 6.54 Å². The van der Waals surface area contributed by atoms with E-state index in [0.29, 0.717) is 25.8 Å². The van der Waals surface area contributed by atoms with Crippen LogP contribution in [0.25, 0.3) is 0 Å². The van der Waals surface area contributed by atoms with Gasteiger partial charge >= 0.3 is 0 Å². The molecule has 1 rings (SSSR count). The normalized spacial score (nSPS) is 23.0. The van der Waals surface area contributed by atoms with Crippen molar-refractivity contribution < 1.29 is 8.78 Å². The van der Waals surface area contributed by atoms with E-state index in [9.17, 15) is 8.78 Å². The molecular formula is C9H17F2N. The van der Waals surface area contributed by atoms with E-state index in [1.165, 1.54) is 0 Å². The SMILES string of the molecule is NCCC1(C(F)F)CCCCC1. The fraction of sp³-hybridized carbons (Fsp3) is 1.00. The zero-order chi connectivity index (χ0) is 9.03. The van der Waals surface area contributed by atoms with Crippen LogP contribution in [0.1, 0.15) is 38.5 Å². The summed E-state index contributed by atoms with van der Waals surface area (Å²) < 4.78 is 25.4. The van der Waals surface area contributed by atoms with Gasteiger partial charge in [-0.15, -0.1) is 0 Å². The molecule has 2 N–H and O–H groups in total. The molecule has 0 radical (unpaired) electrons. The number of rotatable bonds is 3. The summed E-state index contributed by atoms with van der Waals surface area (Å²) in [6.45, 7) is 0.393. The monoisotopic (exact) mass is 177 g/mol. The average Bonchev–Trinajstić information content (AvgIpc) is 2.06. The minimum Gasteiger partial charge on any atom is -0.330 e. The topological polar surface area (TPSA) is 26.0 Å². The molecule has 0 bridgehead atoms. The lowest BCUT2D eigenvalue weighted by molar-refractivity contribution is -0.0352. The highest BCUT2D eigenvalue weighted by atomic mass is 19.3. The number of nitrogens with two attached hydrogens (primary N) is 1. The Morgan fingerprint density at radius 1 is 1.17 bits per heavy atom. The predicted octanol–water partition coefficient (Wildman–Crippen LogP) is 2.55. The standard InChI is InChI=1S/C9H17F2N/c10-8(11)9(6-7-12)4-2-1-3-5-9/h8H,1-7,12H2. The van der Waals surface area contributed by atoms with Crippen LogP contribution in [0, 0.1) is 5.41 Å². The molecule has 1 aliphatic rings. The second-order valence-corrected chi connectivity index (χ2v) is 3.76. The van der Waals surface area contributed by atoms with Gasteiger partial charge in [-0.25, -0.2) is 8.78 Å². The van der Waals surface area contributed by atoms with Gasteiger partial charge in [0.1, 0.15) is 0 Å². The van der Waals surface area contributed by atoms with Gasteiger partial charge in [-0.05, 0) is 25.8 Å². The van der Waals surface area contributed by atoms with E-state index in [4.69, 9.17) is 5.73 Å². The van der Waals surface area contributed by atoms with Crippen LogP contribution in [-0.2, 0) is 0 Å². The van der Waals surface area contributed by atoms with Gasteiger partial charge in [0.15, 0.2) is 0 Å². The molecule has 3 heteroatoms. The maximum absolute atomic E-state index is 12.7. The van der Waals surface area contributed by atoms with Crippen molar-refractivity contribution in [3.63, 3.8) is 0 Å². The van der Waals surface area contributed by atoms with Gasteiger partial charge in [0.05, 0.1) is 0 Å². The molecule has 0 atom stereocenters. The fourth-order valence-electron chi connectivity index (χ4n) is 2.12. The molecule has 0 aliphatic heterocycles. The number of halogens is 2. The Labute approximate surface area is 72.3 Å². The van der Waals surface area contributed by atoms with Crippen molar-refractivity contribution >= 4 is 0 Å². The lowest BCUT2D eigenvalue weighted by atomic mass is 9.72. The van der Waals surface area contributed by atoms with Crippen molar-refractivity contribution in [1.82, 2.24) is 0 Å². The Morgan fingerprint density at radius 3 is 2.17 bits per heavy atom. The van der Waals surface area contributed by atoms with E-state index >= 15 is 0 Å². The highest BCUT2D eigenvalue weighted by molar-refractivity contribution is 4.85. The van der Waals surface area contributed by atoms with E-state index in [0.717, 1.165) is 19.3 Å². The number of hydrogen-bond acceptors (Lipinski definition) is 1. The third-order valence-corrected chi connectivity index (χ3v) is 2.95. The minimum atomic E-state index is -2.18. The summed E-state index contributed by atoms with van der Waals surface area (Å²) in [5.41, 5.74) is 4.62. The Balaban J connectivity index is 2.56. The zero-order valence-corrected chi connectivity index (χ0v) is 7.36. The van der Waals surface area contributed by atoms with Crippen LogP contribution in [-0.4, -0.2) is 13.0 Å². The first-order chi connectivity index (χ1) is 5.71. The van der Waals surface area contributed by atoms with Gasteiger partial charge < -0.3 is 5.73 Å². The van der Waals surface area contributed by atoms with E-state index in [2.05, 4.69) is 0 Å². The number of alkyl halides is 2. The van der Waals surface area contributed by atoms with Gasteiger partial charge in [0.2, 0.25) is 6.43 Å². The summed E-state index contributed by atoms with van der Waals surface area (Å²) in [6, 6.07) is 0. The van der Waals surface area contributed by atoms with Gasteiger partial charge in [-0.3, -0.25) is 0 Å². The molecule has 1 fully saturated rings. The molecule has 0 heterocycles. The largest absolute Gasteiger partial charge is 0.330 e. The molecule has 0 aromatic rings. The van der Waals surface area contributed by atoms with Crippen LogP contribution in [0.4, 0.5) is 8.78 Å². The molecule has 0 spiro atoms. The molecule has 12 heavy (non-hydrogen) atoms. The zero-order valence-electron chi connectivity index (χ0n) is 7.36. The maximum atomic E-state index is 12.7. The third kappa shape index (κ3) is 1.94. The van der Waals surface area contributed by atoms with Gasteiger partial charge in [-0.1, -0.05) is 19.3 Å². The molecule has 0 unspecified atom stereocenters. The first-order valence-corrected chi connectivity index (χ1v) is 4.69. The molecule has 0 aromatic heterocycles. The minimum absolute atomic E-state index is 0.393. The Hall–Kier alpha value is -0.180. The molecule has 1 saturated carbocycles. The van der Waals surface area contributed by atoms with E-state index < -0.39 is 11.8 Å². The average molecular weight is 177 g/mol. The first-order valence-electron chi connectivity index (χ1n) is 4.69. The lowest BCUT2D eigenvalue weighted by Gasteiger charge is -2.36. The molecule has 0 aromatic carbocycles. The first kappa shape index (κ1) is 9.90. The van der Waals surface area contributed by atoms with E-state index in [-0.39, 0.29) is 0 Å². The molecule has 0 saturated heterocycles. The summed E-state index contributed by atoms with van der Waals surface area (Å²) >= 11 is 0. The highest BCUT2D eigenvalue weighted by Crippen LogP contribution is 2.43. The van der Waals surface area contributed by atoms with Gasteiger partial charge in [0, 0.05) is 5.41 Å². The van der Waals surface area contributed by atoms with Crippen molar-refractivity contribution in [2.24, 2.45) is 11.1 Å². The Morgan fingerprint density at radius 2 is 1.75 bits per heavy atom. The summed E-state index contributed by atoms with van der Waals surface area (Å²) in [7, 11) is 0. The van der Waals surface area contributed by atoms with Crippen LogP contribution < -0.4 is 5.73 Å². The molecular weight excluding hydrogens is 160 g/mol. The highest BCUT2D eigenvalue weighted by Gasteiger charge is 2.39. The fourth-order valence-corrected chi connectivity index (χ4v) is 2.12. The van der Waals surface area contributed by atoms with Crippen LogP contribution in [0.5, 0.6) is 0 Å². The van der Waals surface area contributed by atoms with Crippen LogP contribution >= 0.6 is 0 Å². The summed E-state index contributed by atoms with van der Waals surface area (Å²) in [4.78, 5) is 0. The number of hydrogen-bond donors (Lipinski definition) is 1. The second kappa shape index (κ2) is 4.17. The molecule has 72 valence electrons. The lowest BCUT2D eigenvalue weighted by Crippen LogP contribution is -2.34. The van der Waals surface area contributed by atoms with Crippen molar-refractivity contribution in [3.05, 3.63) is 0 Å². The second-order valence-electron chi connectivity index (χ2n) is 3.76. The van der Waals surface area contributed by atoms with E-state index in [1.54, 1.807) is 0 Å². The molecule has 0 amide bonds. The van der Waals surface area contributed by atoms with E-state index in [1.807, 2.05) is 0 Å². The molecule has 1 nitrogen and oxygen atoms in total. The quantitative estimate of drug-likeness (QED) is 0.704.